The van der Waals surface area contributed by atoms with Gasteiger partial charge in [0.05, 0.1) is 20.6 Å². The van der Waals surface area contributed by atoms with Gasteiger partial charge in [0, 0.05) is 11.1 Å². The fraction of sp³-hybridized carbons (Fsp3) is 0.231. The minimum Gasteiger partial charge on any atom is -0.493 e. The normalized spacial score (nSPS) is 10.2. The molecule has 19 heavy (non-hydrogen) atoms. The molecule has 0 atom stereocenters. The average molecular weight is 263 g/mol. The number of aromatic nitrogens is 1. The molecular weight excluding hydrogens is 250 g/mol. The predicted octanol–water partition coefficient (Wildman–Crippen LogP) is 1.99. The first-order valence-electron chi connectivity index (χ1n) is 5.53. The van der Waals surface area contributed by atoms with Gasteiger partial charge in [-0.1, -0.05) is 5.16 Å². The molecule has 1 aromatic carbocycles. The molecule has 0 saturated heterocycles. The summed E-state index contributed by atoms with van der Waals surface area (Å²) in [5, 5.41) is 12.7. The van der Waals surface area contributed by atoms with Crippen molar-refractivity contribution in [2.24, 2.45) is 0 Å². The van der Waals surface area contributed by atoms with Gasteiger partial charge in [-0.25, -0.2) is 0 Å². The number of benzene rings is 1. The Labute approximate surface area is 109 Å². The van der Waals surface area contributed by atoms with E-state index >= 15 is 0 Å². The summed E-state index contributed by atoms with van der Waals surface area (Å²) in [6.07, 6.45) is 1.19. The summed E-state index contributed by atoms with van der Waals surface area (Å²) in [5.74, 6) is 0.198. The lowest BCUT2D eigenvalue weighted by molar-refractivity contribution is -0.136. The first-order valence-corrected chi connectivity index (χ1v) is 5.53. The molecule has 0 radical (unpaired) electrons. The molecule has 1 aromatic heterocycles. The molecule has 0 saturated carbocycles. The van der Waals surface area contributed by atoms with Crippen molar-refractivity contribution >= 4 is 5.97 Å². The summed E-state index contributed by atoms with van der Waals surface area (Å²) in [6.45, 7) is 0. The van der Waals surface area contributed by atoms with E-state index in [9.17, 15) is 4.79 Å². The number of hydrogen-bond donors (Lipinski definition) is 1. The van der Waals surface area contributed by atoms with E-state index < -0.39 is 5.97 Å². The number of carboxylic acid groups (broad SMARTS) is 1. The SMILES string of the molecule is COc1ccc(-c2nocc2CC(=O)O)cc1OC. The topological polar surface area (TPSA) is 81.8 Å². The molecule has 1 heterocycles. The second kappa shape index (κ2) is 5.43. The number of carbonyl (C=O) groups is 1. The van der Waals surface area contributed by atoms with E-state index in [4.69, 9.17) is 19.1 Å². The molecule has 2 rings (SSSR count). The van der Waals surface area contributed by atoms with Crippen molar-refractivity contribution in [3.63, 3.8) is 0 Å². The van der Waals surface area contributed by atoms with Gasteiger partial charge in [-0.2, -0.15) is 0 Å². The molecule has 0 aliphatic carbocycles. The second-order valence-corrected chi connectivity index (χ2v) is 3.83. The predicted molar refractivity (Wildman–Crippen MR) is 66.4 cm³/mol. The third-order valence-corrected chi connectivity index (χ3v) is 2.64. The van der Waals surface area contributed by atoms with Crippen molar-refractivity contribution in [2.45, 2.75) is 6.42 Å². The first-order chi connectivity index (χ1) is 9.15. The zero-order chi connectivity index (χ0) is 13.8. The summed E-state index contributed by atoms with van der Waals surface area (Å²) in [4.78, 5) is 10.8. The summed E-state index contributed by atoms with van der Waals surface area (Å²) >= 11 is 0. The monoisotopic (exact) mass is 263 g/mol. The van der Waals surface area contributed by atoms with Crippen LogP contribution in [0.1, 0.15) is 5.56 Å². The number of methoxy groups -OCH3 is 2. The van der Waals surface area contributed by atoms with E-state index in [0.717, 1.165) is 0 Å². The Balaban J connectivity index is 2.42. The third kappa shape index (κ3) is 2.67. The fourth-order valence-electron chi connectivity index (χ4n) is 1.77. The summed E-state index contributed by atoms with van der Waals surface area (Å²) in [6, 6.07) is 5.22. The zero-order valence-corrected chi connectivity index (χ0v) is 10.5. The number of rotatable bonds is 5. The highest BCUT2D eigenvalue weighted by molar-refractivity contribution is 5.75. The smallest absolute Gasteiger partial charge is 0.308 e. The van der Waals surface area contributed by atoms with Crippen LogP contribution in [-0.2, 0) is 11.2 Å². The number of ether oxygens (including phenoxy) is 2. The van der Waals surface area contributed by atoms with Crippen LogP contribution in [0, 0.1) is 0 Å². The number of carboxylic acids is 1. The van der Waals surface area contributed by atoms with Crippen molar-refractivity contribution in [2.75, 3.05) is 14.2 Å². The average Bonchev–Trinajstić information content (AvgIpc) is 2.85. The van der Waals surface area contributed by atoms with Crippen LogP contribution in [0.25, 0.3) is 11.3 Å². The summed E-state index contributed by atoms with van der Waals surface area (Å²) in [7, 11) is 3.08. The Kier molecular flexibility index (Phi) is 3.70. The Morgan fingerprint density at radius 2 is 2.05 bits per heavy atom. The molecule has 6 heteroatoms. The van der Waals surface area contributed by atoms with Crippen LogP contribution >= 0.6 is 0 Å². The first kappa shape index (κ1) is 12.9. The molecule has 100 valence electrons. The van der Waals surface area contributed by atoms with E-state index in [-0.39, 0.29) is 6.42 Å². The van der Waals surface area contributed by atoms with Crippen LogP contribution in [0.2, 0.25) is 0 Å². The number of hydrogen-bond acceptors (Lipinski definition) is 5. The van der Waals surface area contributed by atoms with Crippen molar-refractivity contribution in [1.82, 2.24) is 5.16 Å². The van der Waals surface area contributed by atoms with Gasteiger partial charge in [0.25, 0.3) is 0 Å². The fourth-order valence-corrected chi connectivity index (χ4v) is 1.77. The van der Waals surface area contributed by atoms with E-state index in [1.165, 1.54) is 13.4 Å². The molecule has 0 aliphatic heterocycles. The van der Waals surface area contributed by atoms with E-state index in [2.05, 4.69) is 5.16 Å². The van der Waals surface area contributed by atoms with Crippen molar-refractivity contribution < 1.29 is 23.9 Å². The lowest BCUT2D eigenvalue weighted by atomic mass is 10.1. The van der Waals surface area contributed by atoms with Gasteiger partial charge in [0.1, 0.15) is 12.0 Å². The van der Waals surface area contributed by atoms with Gasteiger partial charge in [0.2, 0.25) is 0 Å². The number of nitrogens with zero attached hydrogens (tertiary/aromatic N) is 1. The highest BCUT2D eigenvalue weighted by Crippen LogP contribution is 2.33. The van der Waals surface area contributed by atoms with Crippen LogP contribution in [0.5, 0.6) is 11.5 Å². The molecule has 0 fully saturated rings. The van der Waals surface area contributed by atoms with Crippen molar-refractivity contribution in [3.05, 3.63) is 30.0 Å². The van der Waals surface area contributed by atoms with Gasteiger partial charge in [-0.15, -0.1) is 0 Å². The maximum Gasteiger partial charge on any atom is 0.308 e. The van der Waals surface area contributed by atoms with Gasteiger partial charge < -0.3 is 19.1 Å². The van der Waals surface area contributed by atoms with Crippen LogP contribution in [0.15, 0.2) is 29.0 Å². The van der Waals surface area contributed by atoms with Gasteiger partial charge in [0.15, 0.2) is 11.5 Å². The summed E-state index contributed by atoms with van der Waals surface area (Å²) < 4.78 is 15.2. The maximum absolute atomic E-state index is 10.8. The molecule has 0 bridgehead atoms. The molecule has 6 nitrogen and oxygen atoms in total. The lowest BCUT2D eigenvalue weighted by Gasteiger charge is -2.08. The van der Waals surface area contributed by atoms with Gasteiger partial charge in [-0.05, 0) is 18.2 Å². The van der Waals surface area contributed by atoms with Gasteiger partial charge >= 0.3 is 5.97 Å². The maximum atomic E-state index is 10.8. The number of aliphatic carboxylic acids is 1. The molecular formula is C13H13NO5. The van der Waals surface area contributed by atoms with Crippen molar-refractivity contribution in [3.8, 4) is 22.8 Å². The molecule has 1 N–H and O–H groups in total. The second-order valence-electron chi connectivity index (χ2n) is 3.83. The highest BCUT2D eigenvalue weighted by Gasteiger charge is 2.15. The van der Waals surface area contributed by atoms with Crippen LogP contribution < -0.4 is 9.47 Å². The summed E-state index contributed by atoms with van der Waals surface area (Å²) in [5.41, 5.74) is 1.71. The standard InChI is InChI=1S/C13H13NO5/c1-17-10-4-3-8(5-11(10)18-2)13-9(6-12(15)16)7-19-14-13/h3-5,7H,6H2,1-2H3,(H,15,16). The molecule has 2 aromatic rings. The minimum absolute atomic E-state index is 0.146. The van der Waals surface area contributed by atoms with E-state index in [0.29, 0.717) is 28.3 Å². The molecule has 0 unspecified atom stereocenters. The molecule has 0 spiro atoms. The van der Waals surface area contributed by atoms with Crippen molar-refractivity contribution in [1.29, 1.82) is 0 Å². The Morgan fingerprint density at radius 3 is 2.68 bits per heavy atom. The highest BCUT2D eigenvalue weighted by atomic mass is 16.5. The zero-order valence-electron chi connectivity index (χ0n) is 10.5. The Morgan fingerprint density at radius 1 is 1.32 bits per heavy atom. The molecule has 0 amide bonds. The van der Waals surface area contributed by atoms with Crippen LogP contribution in [0.4, 0.5) is 0 Å². The van der Waals surface area contributed by atoms with E-state index in [1.807, 2.05) is 0 Å². The van der Waals surface area contributed by atoms with E-state index in [1.54, 1.807) is 25.3 Å². The quantitative estimate of drug-likeness (QED) is 0.888. The van der Waals surface area contributed by atoms with Crippen LogP contribution in [-0.4, -0.2) is 30.5 Å². The largest absolute Gasteiger partial charge is 0.493 e. The lowest BCUT2D eigenvalue weighted by Crippen LogP contribution is -2.00. The minimum atomic E-state index is -0.940. The Bertz CT molecular complexity index is 590. The van der Waals surface area contributed by atoms with Crippen LogP contribution in [0.3, 0.4) is 0 Å². The van der Waals surface area contributed by atoms with Gasteiger partial charge in [-0.3, -0.25) is 4.79 Å². The molecule has 0 aliphatic rings. The Hall–Kier alpha value is -2.50. The third-order valence-electron chi connectivity index (χ3n) is 2.64.